The molecule has 0 spiro atoms. The molecule has 0 saturated carbocycles. The van der Waals surface area contributed by atoms with Crippen molar-refractivity contribution in [2.24, 2.45) is 0 Å². The monoisotopic (exact) mass is 696 g/mol. The van der Waals surface area contributed by atoms with Gasteiger partial charge in [0.05, 0.1) is 12.5 Å². The van der Waals surface area contributed by atoms with E-state index in [1.54, 1.807) is 12.5 Å². The Hall–Kier alpha value is -0.0553. The van der Waals surface area contributed by atoms with Gasteiger partial charge in [0.1, 0.15) is 0 Å². The Kier molecular flexibility index (Phi) is 12000000. The molecule has 0 aliphatic rings. The van der Waals surface area contributed by atoms with Crippen LogP contribution in [0.15, 0.2) is 0 Å². The minimum atomic E-state index is 0. The summed E-state index contributed by atoms with van der Waals surface area (Å²) < 4.78 is 60.0. The third kappa shape index (κ3) is 2340000. The van der Waals surface area contributed by atoms with Gasteiger partial charge in [0.15, 0.2) is 0 Å². The van der Waals surface area contributed by atoms with E-state index >= 15 is 0 Å². The Balaban J connectivity index is -0.00000000500. The van der Waals surface area contributed by atoms with E-state index in [1.165, 1.54) is 0 Å². The summed E-state index contributed by atoms with van der Waals surface area (Å²) in [5.41, 5.74) is 0. The number of hydrogen-bond donors (Lipinski definition) is 0. The van der Waals surface area contributed by atoms with Crippen molar-refractivity contribution in [1.82, 2.24) is 0 Å². The van der Waals surface area contributed by atoms with Gasteiger partial charge in [0, 0.05) is 40.8 Å². The predicted octanol–water partition coefficient (Wildman–Crippen LogP) is -1.05. The van der Waals surface area contributed by atoms with Crippen LogP contribution in [0, 0.1) is 53.2 Å². The van der Waals surface area contributed by atoms with E-state index in [2.05, 4.69) is 78.5 Å². The zero-order valence-corrected chi connectivity index (χ0v) is 18.5. The first kappa shape index (κ1) is 97.3. The third-order valence-electron chi connectivity index (χ3n) is 0. The molecule has 0 saturated heterocycles. The molecule has 2 radical (unpaired) electrons. The first-order chi connectivity index (χ1) is 10.0. The Morgan fingerprint density at radius 3 is 0.318 bits per heavy atom. The zero-order valence-electron chi connectivity index (χ0n) is 11.0. The molecule has 0 amide bonds. The van der Waals surface area contributed by atoms with E-state index in [-0.39, 0.29) is 40.8 Å². The van der Waals surface area contributed by atoms with Gasteiger partial charge >= 0.3 is 90.4 Å². The summed E-state index contributed by atoms with van der Waals surface area (Å²) in [5, 5.41) is 0. The van der Waals surface area contributed by atoms with Crippen LogP contribution in [0.25, 0.3) is 0 Å². The first-order valence-corrected chi connectivity index (χ1v) is 4.63. The largest absolute Gasteiger partial charge is 0 e. The van der Waals surface area contributed by atoms with Crippen molar-refractivity contribution in [2.45, 2.75) is 0 Å². The van der Waals surface area contributed by atoms with Gasteiger partial charge < -0.3 is 0 Å². The predicted molar refractivity (Wildman–Crippen MR) is 63.6 cm³/mol. The summed E-state index contributed by atoms with van der Waals surface area (Å²) in [6.07, 6.45) is 3.61. The molecule has 0 aromatic heterocycles. The van der Waals surface area contributed by atoms with Crippen LogP contribution in [0.5, 0.6) is 0 Å². The molecule has 0 unspecified atom stereocenters. The quantitative estimate of drug-likeness (QED) is 0.224. The molecule has 0 atom stereocenters. The molecule has 0 rings (SSSR count). The van der Waals surface area contributed by atoms with Gasteiger partial charge in [-0.15, -0.1) is 0 Å². The van der Waals surface area contributed by atoms with Gasteiger partial charge in [-0.1, -0.05) is 0 Å². The summed E-state index contributed by atoms with van der Waals surface area (Å²) >= 11 is 5.94. The van der Waals surface area contributed by atoms with Crippen LogP contribution >= 0.6 is 0 Å². The van der Waals surface area contributed by atoms with Crippen LogP contribution in [0.1, 0.15) is 0 Å². The number of hydrogen-bond acceptors (Lipinski definition) is 0. The molecule has 0 heterocycles. The minimum Gasteiger partial charge on any atom is 0 e. The molecular weight excluding hydrogens is 685 g/mol. The van der Waals surface area contributed by atoms with Crippen molar-refractivity contribution < 1.29 is 78.1 Å². The van der Waals surface area contributed by atoms with E-state index in [4.69, 9.17) is 37.2 Å². The fourth-order valence-corrected chi connectivity index (χ4v) is 0. The van der Waals surface area contributed by atoms with Crippen LogP contribution in [0.3, 0.4) is 0 Å². The van der Waals surface area contributed by atoms with E-state index in [0.717, 1.165) is 0 Å². The van der Waals surface area contributed by atoms with Crippen LogP contribution < -0.4 is 0 Å². The molecular formula is C10H10O8Re2S2+2. The van der Waals surface area contributed by atoms with Crippen LogP contribution in [-0.4, -0.2) is 12.5 Å². The molecule has 12 heteroatoms. The second-order valence-electron chi connectivity index (χ2n) is 0. The molecule has 0 N–H and O–H groups in total. The van der Waals surface area contributed by atoms with E-state index < -0.39 is 0 Å². The van der Waals surface area contributed by atoms with Crippen LogP contribution in [-0.2, 0) is 103 Å². The van der Waals surface area contributed by atoms with Crippen molar-refractivity contribution in [3.8, 4) is 0 Å². The van der Waals surface area contributed by atoms with E-state index in [0.29, 0.717) is 0 Å². The van der Waals surface area contributed by atoms with Gasteiger partial charge in [-0.05, 0) is 25.3 Å². The van der Waals surface area contributed by atoms with E-state index in [1.807, 2.05) is 0 Å². The van der Waals surface area contributed by atoms with Crippen molar-refractivity contribution in [3.63, 3.8) is 0 Å². The van der Waals surface area contributed by atoms with Crippen molar-refractivity contribution in [3.05, 3.63) is 53.2 Å². The fourth-order valence-electron chi connectivity index (χ4n) is 0. The van der Waals surface area contributed by atoms with Crippen molar-refractivity contribution >= 4 is 25.3 Å². The summed E-state index contributed by atoms with van der Waals surface area (Å²) in [6.45, 7) is 36.0. The first-order valence-electron chi connectivity index (χ1n) is 2.63. The van der Waals surface area contributed by atoms with Gasteiger partial charge in [-0.25, -0.2) is 0 Å². The molecule has 0 bridgehead atoms. The molecule has 22 heavy (non-hydrogen) atoms. The maximum Gasteiger partial charge on any atom is 0 e. The van der Waals surface area contributed by atoms with Gasteiger partial charge in [0.2, 0.25) is 0 Å². The van der Waals surface area contributed by atoms with Crippen molar-refractivity contribution in [1.29, 1.82) is 0 Å². The molecule has 0 aromatic carbocycles. The standard InChI is InChI=1S/8CO.2CH4S.2Re/c10*1-2;;/h;;;;;;;;2*2H,1H3;;/p+2. The summed E-state index contributed by atoms with van der Waals surface area (Å²) in [7, 11) is 0. The molecule has 0 aliphatic carbocycles. The Morgan fingerprint density at radius 2 is 0.318 bits per heavy atom. The van der Waals surface area contributed by atoms with E-state index in [9.17, 15) is 0 Å². The summed E-state index contributed by atoms with van der Waals surface area (Å²) in [6, 6.07) is 0. The van der Waals surface area contributed by atoms with Gasteiger partial charge in [-0.2, -0.15) is 0 Å². The Labute approximate surface area is 168 Å². The molecule has 0 aliphatic heterocycles. The van der Waals surface area contributed by atoms with Crippen LogP contribution in [0.4, 0.5) is 0 Å². The molecule has 0 aromatic rings. The average Bonchev–Trinajstić information content (AvgIpc) is 2.71. The third-order valence-corrected chi connectivity index (χ3v) is 0. The normalized spacial score (nSPS) is 1.27. The topological polar surface area (TPSA) is 159 Å². The minimum absolute atomic E-state index is 0. The summed E-state index contributed by atoms with van der Waals surface area (Å²) in [5.74, 6) is 0. The second-order valence-corrected chi connectivity index (χ2v) is 0. The van der Waals surface area contributed by atoms with Crippen LogP contribution in [0.2, 0.25) is 0 Å². The van der Waals surface area contributed by atoms with Gasteiger partial charge in [-0.3, -0.25) is 0 Å². The van der Waals surface area contributed by atoms with Crippen molar-refractivity contribution in [2.75, 3.05) is 12.5 Å². The Morgan fingerprint density at radius 1 is 0.318 bits per heavy atom. The maximum absolute atomic E-state index is 7.50. The number of rotatable bonds is 0. The molecule has 8 nitrogen and oxygen atoms in total. The molecule has 122 valence electrons. The van der Waals surface area contributed by atoms with Gasteiger partial charge in [0.25, 0.3) is 0 Å². The maximum atomic E-state index is 7.50. The second kappa shape index (κ2) is 2720000. The Bertz CT molecular complexity index is 147. The zero-order chi connectivity index (χ0) is 20.0. The average molecular weight is 695 g/mol. The SMILES string of the molecule is C[SH2+].C[SH2+].[C-]#[O+].[C-]#[O+].[C-]#[O+].[C-]#[O+].[C-]#[O+].[C-]#[O+].[C-]#[O+].[C-]#[O+].[Re].[Re]. The smallest absolute Gasteiger partial charge is 0 e. The summed E-state index contributed by atoms with van der Waals surface area (Å²) in [4.78, 5) is 0. The fraction of sp³-hybridized carbons (Fsp3) is 0.200. The molecule has 0 fully saturated rings.